The molecule has 1 heterocycles. The minimum atomic E-state index is -0.714. The Morgan fingerprint density at radius 1 is 0.931 bits per heavy atom. The molecule has 2 aromatic rings. The van der Waals surface area contributed by atoms with Crippen LogP contribution in [0.25, 0.3) is 0 Å². The van der Waals surface area contributed by atoms with E-state index in [1.807, 2.05) is 0 Å². The van der Waals surface area contributed by atoms with Crippen LogP contribution < -0.4 is 5.32 Å². The number of aryl methyl sites for hydroxylation is 2. The van der Waals surface area contributed by atoms with Crippen molar-refractivity contribution < 1.29 is 37.8 Å². The van der Waals surface area contributed by atoms with Crippen molar-refractivity contribution in [1.29, 1.82) is 0 Å². The van der Waals surface area contributed by atoms with Crippen LogP contribution in [0.4, 0.5) is 5.69 Å². The van der Waals surface area contributed by atoms with Crippen molar-refractivity contribution >= 4 is 29.5 Å². The van der Waals surface area contributed by atoms with Gasteiger partial charge >= 0.3 is 17.9 Å². The normalized spacial score (nSPS) is 10.2. The average Bonchev–Trinajstić information content (AvgIpc) is 2.96. The summed E-state index contributed by atoms with van der Waals surface area (Å²) in [7, 11) is 2.39. The number of ether oxygens (including phenoxy) is 3. The number of methoxy groups -OCH3 is 2. The minimum Gasteiger partial charge on any atom is -0.465 e. The summed E-state index contributed by atoms with van der Waals surface area (Å²) in [5.41, 5.74) is 1.06. The summed E-state index contributed by atoms with van der Waals surface area (Å²) in [5.74, 6) is -1.80. The standard InChI is InChI=1S/C20H21NO8/c1-10-11(2)29-12(3)17(10)20(25)28-9-16(22)21-15-8-13(18(23)26-4)6-7-14(15)19(24)27-5/h6-8H,9H2,1-5H3,(H,21,22). The van der Waals surface area contributed by atoms with E-state index in [4.69, 9.17) is 9.15 Å². The lowest BCUT2D eigenvalue weighted by Gasteiger charge is -2.11. The van der Waals surface area contributed by atoms with E-state index in [-0.39, 0.29) is 22.4 Å². The number of benzene rings is 1. The molecule has 1 amide bonds. The van der Waals surface area contributed by atoms with Gasteiger partial charge in [-0.15, -0.1) is 0 Å². The van der Waals surface area contributed by atoms with Crippen LogP contribution >= 0.6 is 0 Å². The van der Waals surface area contributed by atoms with Gasteiger partial charge in [-0.3, -0.25) is 4.79 Å². The second kappa shape index (κ2) is 9.05. The van der Waals surface area contributed by atoms with Gasteiger partial charge in [-0.25, -0.2) is 14.4 Å². The summed E-state index contributed by atoms with van der Waals surface area (Å²) in [6, 6.07) is 3.95. The maximum atomic E-state index is 12.3. The molecule has 1 aromatic carbocycles. The molecule has 2 rings (SSSR count). The quantitative estimate of drug-likeness (QED) is 0.577. The lowest BCUT2D eigenvalue weighted by atomic mass is 10.1. The number of carbonyl (C=O) groups is 4. The Morgan fingerprint density at radius 2 is 1.59 bits per heavy atom. The van der Waals surface area contributed by atoms with Crippen LogP contribution in [0.3, 0.4) is 0 Å². The Bertz CT molecular complexity index is 973. The van der Waals surface area contributed by atoms with E-state index in [2.05, 4.69) is 14.8 Å². The van der Waals surface area contributed by atoms with E-state index < -0.39 is 30.4 Å². The molecule has 0 unspecified atom stereocenters. The van der Waals surface area contributed by atoms with E-state index >= 15 is 0 Å². The summed E-state index contributed by atoms with van der Waals surface area (Å²) in [5, 5.41) is 2.44. The van der Waals surface area contributed by atoms with Gasteiger partial charge in [0.05, 0.1) is 31.0 Å². The second-order valence-electron chi connectivity index (χ2n) is 6.08. The maximum absolute atomic E-state index is 12.3. The largest absolute Gasteiger partial charge is 0.465 e. The molecule has 0 saturated carbocycles. The zero-order valence-corrected chi connectivity index (χ0v) is 16.7. The fourth-order valence-electron chi connectivity index (χ4n) is 2.66. The number of amides is 1. The van der Waals surface area contributed by atoms with Crippen LogP contribution in [0.15, 0.2) is 22.6 Å². The van der Waals surface area contributed by atoms with Gasteiger partial charge in [0.25, 0.3) is 5.91 Å². The molecule has 0 bridgehead atoms. The SMILES string of the molecule is COC(=O)c1ccc(C(=O)OC)c(NC(=O)COC(=O)c2c(C)oc(C)c2C)c1. The van der Waals surface area contributed by atoms with Crippen LogP contribution in [0.2, 0.25) is 0 Å². The summed E-state index contributed by atoms with van der Waals surface area (Å²) in [4.78, 5) is 48.1. The van der Waals surface area contributed by atoms with Crippen molar-refractivity contribution in [2.45, 2.75) is 20.8 Å². The highest BCUT2D eigenvalue weighted by Gasteiger charge is 2.22. The summed E-state index contributed by atoms with van der Waals surface area (Å²) in [6.07, 6.45) is 0. The molecule has 0 radical (unpaired) electrons. The van der Waals surface area contributed by atoms with Gasteiger partial charge in [-0.05, 0) is 39.0 Å². The number of esters is 3. The average molecular weight is 403 g/mol. The van der Waals surface area contributed by atoms with Crippen molar-refractivity contribution in [3.8, 4) is 0 Å². The monoisotopic (exact) mass is 403 g/mol. The summed E-state index contributed by atoms with van der Waals surface area (Å²) >= 11 is 0. The lowest BCUT2D eigenvalue weighted by Crippen LogP contribution is -2.23. The molecule has 0 atom stereocenters. The van der Waals surface area contributed by atoms with Gasteiger partial charge in [0.2, 0.25) is 0 Å². The molecule has 154 valence electrons. The van der Waals surface area contributed by atoms with E-state index in [1.165, 1.54) is 32.4 Å². The topological polar surface area (TPSA) is 121 Å². The van der Waals surface area contributed by atoms with E-state index in [0.29, 0.717) is 17.1 Å². The predicted octanol–water partition coefficient (Wildman–Crippen LogP) is 2.57. The van der Waals surface area contributed by atoms with Crippen LogP contribution in [0.5, 0.6) is 0 Å². The highest BCUT2D eigenvalue weighted by Crippen LogP contribution is 2.22. The number of anilines is 1. The molecular weight excluding hydrogens is 382 g/mol. The number of rotatable bonds is 6. The zero-order valence-electron chi connectivity index (χ0n) is 16.7. The fourth-order valence-corrected chi connectivity index (χ4v) is 2.66. The number of nitrogens with one attached hydrogen (secondary N) is 1. The Balaban J connectivity index is 2.15. The van der Waals surface area contributed by atoms with Crippen molar-refractivity contribution in [3.05, 3.63) is 52.0 Å². The fraction of sp³-hybridized carbons (Fsp3) is 0.300. The highest BCUT2D eigenvalue weighted by atomic mass is 16.5. The summed E-state index contributed by atoms with van der Waals surface area (Å²) < 4.78 is 19.7. The van der Waals surface area contributed by atoms with Gasteiger partial charge in [0, 0.05) is 5.56 Å². The van der Waals surface area contributed by atoms with E-state index in [0.717, 1.165) is 0 Å². The molecule has 9 nitrogen and oxygen atoms in total. The van der Waals surface area contributed by atoms with E-state index in [1.54, 1.807) is 20.8 Å². The molecule has 0 aliphatic heterocycles. The lowest BCUT2D eigenvalue weighted by molar-refractivity contribution is -0.119. The number of hydrogen-bond acceptors (Lipinski definition) is 8. The minimum absolute atomic E-state index is 0.0207. The van der Waals surface area contributed by atoms with Crippen LogP contribution in [0.1, 0.15) is 48.2 Å². The molecule has 1 aromatic heterocycles. The number of hydrogen-bond donors (Lipinski definition) is 1. The molecule has 0 fully saturated rings. The first-order chi connectivity index (χ1) is 13.7. The third-order valence-corrected chi connectivity index (χ3v) is 4.22. The van der Waals surface area contributed by atoms with Crippen LogP contribution in [-0.2, 0) is 19.0 Å². The third kappa shape index (κ3) is 4.81. The van der Waals surface area contributed by atoms with E-state index in [9.17, 15) is 19.2 Å². The molecule has 0 saturated heterocycles. The zero-order chi connectivity index (χ0) is 21.7. The van der Waals surface area contributed by atoms with Crippen molar-refractivity contribution in [2.24, 2.45) is 0 Å². The van der Waals surface area contributed by atoms with Gasteiger partial charge in [-0.2, -0.15) is 0 Å². The Labute approximate surface area is 166 Å². The number of carbonyl (C=O) groups excluding carboxylic acids is 4. The molecule has 0 spiro atoms. The Kier molecular flexibility index (Phi) is 6.76. The number of furan rings is 1. The molecule has 0 aliphatic rings. The van der Waals surface area contributed by atoms with Crippen molar-refractivity contribution in [2.75, 3.05) is 26.1 Å². The molecular formula is C20H21NO8. The van der Waals surface area contributed by atoms with Crippen LogP contribution in [0, 0.1) is 20.8 Å². The first kappa shape index (κ1) is 21.7. The van der Waals surface area contributed by atoms with Crippen molar-refractivity contribution in [3.63, 3.8) is 0 Å². The van der Waals surface area contributed by atoms with Crippen molar-refractivity contribution in [1.82, 2.24) is 0 Å². The van der Waals surface area contributed by atoms with Gasteiger partial charge in [-0.1, -0.05) is 0 Å². The Morgan fingerprint density at radius 3 is 2.14 bits per heavy atom. The smallest absolute Gasteiger partial charge is 0.342 e. The predicted molar refractivity (Wildman–Crippen MR) is 101 cm³/mol. The molecule has 1 N–H and O–H groups in total. The Hall–Kier alpha value is -3.62. The van der Waals surface area contributed by atoms with Gasteiger partial charge in [0.15, 0.2) is 6.61 Å². The third-order valence-electron chi connectivity index (χ3n) is 4.22. The second-order valence-corrected chi connectivity index (χ2v) is 6.08. The summed E-state index contributed by atoms with van der Waals surface area (Å²) in [6.45, 7) is 4.44. The highest BCUT2D eigenvalue weighted by molar-refractivity contribution is 6.04. The maximum Gasteiger partial charge on any atom is 0.342 e. The molecule has 9 heteroatoms. The first-order valence-electron chi connectivity index (χ1n) is 8.53. The van der Waals surface area contributed by atoms with Gasteiger partial charge in [0.1, 0.15) is 17.1 Å². The first-order valence-corrected chi connectivity index (χ1v) is 8.53. The molecule has 29 heavy (non-hydrogen) atoms. The van der Waals surface area contributed by atoms with Gasteiger partial charge < -0.3 is 23.9 Å². The van der Waals surface area contributed by atoms with Crippen LogP contribution in [-0.4, -0.2) is 44.6 Å². The molecule has 0 aliphatic carbocycles.